The minimum Gasteiger partial charge on any atom is -0.457 e. The van der Waals surface area contributed by atoms with Crippen molar-refractivity contribution in [3.8, 4) is 11.5 Å². The van der Waals surface area contributed by atoms with Gasteiger partial charge in [0.2, 0.25) is 0 Å². The first-order valence-electron chi connectivity index (χ1n) is 8.63. The Bertz CT molecular complexity index is 1050. The summed E-state index contributed by atoms with van der Waals surface area (Å²) in [7, 11) is 0. The van der Waals surface area contributed by atoms with Gasteiger partial charge in [-0.25, -0.2) is 0 Å². The quantitative estimate of drug-likeness (QED) is 0.383. The maximum atomic E-state index is 12.1. The van der Waals surface area contributed by atoms with Gasteiger partial charge in [-0.15, -0.1) is 0 Å². The fourth-order valence-corrected chi connectivity index (χ4v) is 2.46. The third-order valence-corrected chi connectivity index (χ3v) is 3.98. The second kappa shape index (κ2) is 8.66. The second-order valence-electron chi connectivity index (χ2n) is 6.10. The maximum Gasteiger partial charge on any atom is 0.314 e. The van der Waals surface area contributed by atoms with E-state index in [2.05, 4.69) is 10.6 Å². The molecule has 0 radical (unpaired) electrons. The molecule has 2 N–H and O–H groups in total. The lowest BCUT2D eigenvalue weighted by Gasteiger charge is -2.10. The number of benzene rings is 3. The molecule has 0 atom stereocenters. The van der Waals surface area contributed by atoms with Crippen molar-refractivity contribution in [1.82, 2.24) is 0 Å². The molecule has 3 aromatic rings. The van der Waals surface area contributed by atoms with Gasteiger partial charge in [0.05, 0.1) is 10.6 Å². The van der Waals surface area contributed by atoms with Crippen molar-refractivity contribution in [1.29, 1.82) is 0 Å². The third-order valence-electron chi connectivity index (χ3n) is 3.98. The predicted molar refractivity (Wildman–Crippen MR) is 108 cm³/mol. The Morgan fingerprint density at radius 2 is 1.48 bits per heavy atom. The van der Waals surface area contributed by atoms with Gasteiger partial charge in [0.1, 0.15) is 11.5 Å². The SMILES string of the molecule is Cc1ccc([N+](=O)[O-])cc1NC(=O)C(=O)Nc1ccc(Oc2ccccc2)cc1. The van der Waals surface area contributed by atoms with Crippen LogP contribution >= 0.6 is 0 Å². The summed E-state index contributed by atoms with van der Waals surface area (Å²) in [6.07, 6.45) is 0. The first kappa shape index (κ1) is 19.6. The molecule has 29 heavy (non-hydrogen) atoms. The zero-order chi connectivity index (χ0) is 20.8. The number of carbonyl (C=O) groups is 2. The summed E-state index contributed by atoms with van der Waals surface area (Å²) in [6, 6.07) is 19.8. The number of hydrogen-bond donors (Lipinski definition) is 2. The Morgan fingerprint density at radius 1 is 0.862 bits per heavy atom. The molecule has 2 amide bonds. The van der Waals surface area contributed by atoms with E-state index in [-0.39, 0.29) is 11.4 Å². The minimum absolute atomic E-state index is 0.180. The summed E-state index contributed by atoms with van der Waals surface area (Å²) in [5, 5.41) is 15.7. The van der Waals surface area contributed by atoms with Gasteiger partial charge in [0.25, 0.3) is 5.69 Å². The maximum absolute atomic E-state index is 12.1. The lowest BCUT2D eigenvalue weighted by atomic mass is 10.2. The third kappa shape index (κ3) is 5.16. The van der Waals surface area contributed by atoms with E-state index in [0.29, 0.717) is 22.7 Å². The molecule has 3 aromatic carbocycles. The van der Waals surface area contributed by atoms with Crippen LogP contribution in [0.25, 0.3) is 0 Å². The number of carbonyl (C=O) groups excluding carboxylic acids is 2. The summed E-state index contributed by atoms with van der Waals surface area (Å²) >= 11 is 0. The Labute approximate surface area is 166 Å². The number of nitrogens with one attached hydrogen (secondary N) is 2. The van der Waals surface area contributed by atoms with Crippen LogP contribution in [0.4, 0.5) is 17.1 Å². The van der Waals surface area contributed by atoms with Crippen LogP contribution in [0.2, 0.25) is 0 Å². The second-order valence-corrected chi connectivity index (χ2v) is 6.10. The topological polar surface area (TPSA) is 111 Å². The van der Waals surface area contributed by atoms with E-state index in [4.69, 9.17) is 4.74 Å². The number of para-hydroxylation sites is 1. The summed E-state index contributed by atoms with van der Waals surface area (Å²) in [5.41, 5.74) is 1.02. The van der Waals surface area contributed by atoms with Crippen LogP contribution in [-0.2, 0) is 9.59 Å². The first-order chi connectivity index (χ1) is 13.9. The standard InChI is InChI=1S/C21H17N3O5/c1-14-7-10-16(24(27)28)13-19(14)23-21(26)20(25)22-15-8-11-18(12-9-15)29-17-5-3-2-4-6-17/h2-13H,1H3,(H,22,25)(H,23,26). The lowest BCUT2D eigenvalue weighted by Crippen LogP contribution is -2.29. The molecule has 146 valence electrons. The van der Waals surface area contributed by atoms with Crippen LogP contribution in [0.15, 0.2) is 72.8 Å². The number of nitro groups is 1. The van der Waals surface area contributed by atoms with Gasteiger partial charge >= 0.3 is 11.8 Å². The predicted octanol–water partition coefficient (Wildman–Crippen LogP) is 4.27. The minimum atomic E-state index is -0.932. The van der Waals surface area contributed by atoms with Crippen LogP contribution in [0.5, 0.6) is 11.5 Å². The normalized spacial score (nSPS) is 10.1. The number of rotatable bonds is 5. The van der Waals surface area contributed by atoms with E-state index in [9.17, 15) is 19.7 Å². The highest BCUT2D eigenvalue weighted by Gasteiger charge is 2.17. The fraction of sp³-hybridized carbons (Fsp3) is 0.0476. The molecule has 0 bridgehead atoms. The van der Waals surface area contributed by atoms with Crippen molar-refractivity contribution < 1.29 is 19.2 Å². The Hall–Kier alpha value is -4.20. The van der Waals surface area contributed by atoms with Gasteiger partial charge in [0.15, 0.2) is 0 Å². The number of non-ortho nitro benzene ring substituents is 1. The number of aryl methyl sites for hydroxylation is 1. The van der Waals surface area contributed by atoms with E-state index in [1.165, 1.54) is 18.2 Å². The van der Waals surface area contributed by atoms with E-state index >= 15 is 0 Å². The van der Waals surface area contributed by atoms with Gasteiger partial charge in [-0.05, 0) is 48.9 Å². The molecule has 8 nitrogen and oxygen atoms in total. The zero-order valence-electron chi connectivity index (χ0n) is 15.4. The van der Waals surface area contributed by atoms with Crippen molar-refractivity contribution in [3.05, 3.63) is 88.5 Å². The van der Waals surface area contributed by atoms with Gasteiger partial charge < -0.3 is 15.4 Å². The van der Waals surface area contributed by atoms with E-state index in [1.54, 1.807) is 31.2 Å². The summed E-state index contributed by atoms with van der Waals surface area (Å²) < 4.78 is 5.66. The molecule has 0 aromatic heterocycles. The summed E-state index contributed by atoms with van der Waals surface area (Å²) in [6.45, 7) is 1.67. The Balaban J connectivity index is 1.62. The van der Waals surface area contributed by atoms with Crippen molar-refractivity contribution in [3.63, 3.8) is 0 Å². The first-order valence-corrected chi connectivity index (χ1v) is 8.63. The van der Waals surface area contributed by atoms with E-state index < -0.39 is 16.7 Å². The molecular weight excluding hydrogens is 374 g/mol. The average Bonchev–Trinajstić information content (AvgIpc) is 2.71. The van der Waals surface area contributed by atoms with Gasteiger partial charge in [-0.1, -0.05) is 24.3 Å². The summed E-state index contributed by atoms with van der Waals surface area (Å²) in [4.78, 5) is 34.6. The van der Waals surface area contributed by atoms with Crippen LogP contribution in [0.3, 0.4) is 0 Å². The fourth-order valence-electron chi connectivity index (χ4n) is 2.46. The van der Waals surface area contributed by atoms with E-state index in [0.717, 1.165) is 0 Å². The molecule has 8 heteroatoms. The van der Waals surface area contributed by atoms with Crippen LogP contribution < -0.4 is 15.4 Å². The molecular formula is C21H17N3O5. The number of ether oxygens (including phenoxy) is 1. The number of nitrogens with zero attached hydrogens (tertiary/aromatic N) is 1. The molecule has 0 saturated heterocycles. The molecule has 3 rings (SSSR count). The Morgan fingerprint density at radius 3 is 2.14 bits per heavy atom. The lowest BCUT2D eigenvalue weighted by molar-refractivity contribution is -0.384. The molecule has 0 fully saturated rings. The molecule has 0 aliphatic heterocycles. The number of anilines is 2. The molecule has 0 spiro atoms. The number of amides is 2. The molecule has 0 heterocycles. The number of hydrogen-bond acceptors (Lipinski definition) is 5. The van der Waals surface area contributed by atoms with Crippen LogP contribution in [0, 0.1) is 17.0 Å². The highest BCUT2D eigenvalue weighted by Crippen LogP contribution is 2.23. The molecule has 0 aliphatic rings. The van der Waals surface area contributed by atoms with Crippen LogP contribution in [-0.4, -0.2) is 16.7 Å². The van der Waals surface area contributed by atoms with Gasteiger partial charge in [-0.2, -0.15) is 0 Å². The smallest absolute Gasteiger partial charge is 0.314 e. The van der Waals surface area contributed by atoms with Crippen molar-refractivity contribution >= 4 is 28.9 Å². The van der Waals surface area contributed by atoms with Crippen molar-refractivity contribution in [2.45, 2.75) is 6.92 Å². The largest absolute Gasteiger partial charge is 0.457 e. The van der Waals surface area contributed by atoms with Gasteiger partial charge in [0, 0.05) is 17.8 Å². The van der Waals surface area contributed by atoms with Crippen molar-refractivity contribution in [2.24, 2.45) is 0 Å². The van der Waals surface area contributed by atoms with Crippen molar-refractivity contribution in [2.75, 3.05) is 10.6 Å². The number of nitro benzene ring substituents is 1. The average molecular weight is 391 g/mol. The van der Waals surface area contributed by atoms with E-state index in [1.807, 2.05) is 30.3 Å². The zero-order valence-corrected chi connectivity index (χ0v) is 15.4. The highest BCUT2D eigenvalue weighted by molar-refractivity contribution is 6.43. The Kier molecular flexibility index (Phi) is 5.84. The van der Waals surface area contributed by atoms with Crippen LogP contribution in [0.1, 0.15) is 5.56 Å². The van der Waals surface area contributed by atoms with Gasteiger partial charge in [-0.3, -0.25) is 19.7 Å². The highest BCUT2D eigenvalue weighted by atomic mass is 16.6. The summed E-state index contributed by atoms with van der Waals surface area (Å²) in [5.74, 6) is -0.576. The molecule has 0 unspecified atom stereocenters. The molecule has 0 saturated carbocycles. The monoisotopic (exact) mass is 391 g/mol. The molecule has 0 aliphatic carbocycles.